The van der Waals surface area contributed by atoms with E-state index in [4.69, 9.17) is 0 Å². The zero-order valence-electron chi connectivity index (χ0n) is 13.4. The first-order valence-corrected chi connectivity index (χ1v) is 7.73. The highest BCUT2D eigenvalue weighted by Gasteiger charge is 2.28. The van der Waals surface area contributed by atoms with Crippen LogP contribution in [0.2, 0.25) is 0 Å². The smallest absolute Gasteiger partial charge is 0.00641 e. The molecule has 0 heteroatoms. The van der Waals surface area contributed by atoms with Crippen LogP contribution in [0, 0.1) is 5.92 Å². The van der Waals surface area contributed by atoms with E-state index >= 15 is 0 Å². The van der Waals surface area contributed by atoms with Crippen LogP contribution in [0.15, 0.2) is 71.4 Å². The molecule has 0 aromatic carbocycles. The van der Waals surface area contributed by atoms with Gasteiger partial charge in [-0.3, -0.25) is 0 Å². The summed E-state index contributed by atoms with van der Waals surface area (Å²) in [6.45, 7) is 12.9. The number of hydrogen-bond donors (Lipinski definition) is 0. The van der Waals surface area contributed by atoms with Crippen LogP contribution in [-0.2, 0) is 0 Å². The van der Waals surface area contributed by atoms with Gasteiger partial charge in [-0.1, -0.05) is 75.8 Å². The molecule has 1 saturated carbocycles. The number of allylic oxidation sites excluding steroid dienone is 11. The first-order chi connectivity index (χ1) is 9.67. The second-order valence-electron chi connectivity index (χ2n) is 5.24. The molecule has 0 nitrogen and oxygen atoms in total. The molecule has 0 aliphatic heterocycles. The van der Waals surface area contributed by atoms with Crippen molar-refractivity contribution >= 4 is 0 Å². The largest absolute Gasteiger partial charge is 0.0946 e. The fourth-order valence-corrected chi connectivity index (χ4v) is 2.58. The molecule has 1 aliphatic carbocycles. The summed E-state index contributed by atoms with van der Waals surface area (Å²) < 4.78 is 0. The monoisotopic (exact) mass is 268 g/mol. The van der Waals surface area contributed by atoms with Crippen molar-refractivity contribution in [3.05, 3.63) is 71.4 Å². The van der Waals surface area contributed by atoms with Gasteiger partial charge in [-0.2, -0.15) is 0 Å². The molecule has 1 fully saturated rings. The van der Waals surface area contributed by atoms with Crippen molar-refractivity contribution in [2.24, 2.45) is 5.92 Å². The summed E-state index contributed by atoms with van der Waals surface area (Å²) in [5.41, 5.74) is 5.36. The Balaban J connectivity index is 3.04. The fourth-order valence-electron chi connectivity index (χ4n) is 2.58. The maximum atomic E-state index is 4.29. The van der Waals surface area contributed by atoms with Gasteiger partial charge in [-0.15, -0.1) is 0 Å². The van der Waals surface area contributed by atoms with Crippen LogP contribution in [0.4, 0.5) is 0 Å². The van der Waals surface area contributed by atoms with E-state index < -0.39 is 0 Å². The molecule has 0 amide bonds. The maximum Gasteiger partial charge on any atom is 0.00641 e. The van der Waals surface area contributed by atoms with Gasteiger partial charge in [-0.05, 0) is 42.6 Å². The zero-order chi connectivity index (χ0) is 15.0. The molecule has 0 bridgehead atoms. The third-order valence-corrected chi connectivity index (χ3v) is 3.82. The molecule has 0 aromatic heterocycles. The van der Waals surface area contributed by atoms with Crippen LogP contribution in [-0.4, -0.2) is 0 Å². The topological polar surface area (TPSA) is 0 Å². The number of hydrogen-bond acceptors (Lipinski definition) is 0. The molecular formula is C20H28. The van der Waals surface area contributed by atoms with Crippen molar-refractivity contribution < 1.29 is 0 Å². The molecule has 20 heavy (non-hydrogen) atoms. The van der Waals surface area contributed by atoms with Crippen molar-refractivity contribution in [1.29, 1.82) is 0 Å². The Morgan fingerprint density at radius 1 is 1.10 bits per heavy atom. The van der Waals surface area contributed by atoms with Gasteiger partial charge in [0.15, 0.2) is 0 Å². The van der Waals surface area contributed by atoms with E-state index in [0.29, 0.717) is 5.92 Å². The first-order valence-electron chi connectivity index (χ1n) is 7.73. The summed E-state index contributed by atoms with van der Waals surface area (Å²) in [6, 6.07) is 0. The Kier molecular flexibility index (Phi) is 7.08. The first kappa shape index (κ1) is 16.5. The van der Waals surface area contributed by atoms with Crippen LogP contribution in [0.3, 0.4) is 0 Å². The second kappa shape index (κ2) is 8.58. The number of unbranched alkanes of at least 4 members (excludes halogenated alkanes) is 2. The molecule has 1 unspecified atom stereocenters. The molecule has 0 saturated heterocycles. The van der Waals surface area contributed by atoms with Crippen LogP contribution >= 0.6 is 0 Å². The molecule has 1 aliphatic rings. The van der Waals surface area contributed by atoms with Gasteiger partial charge in [-0.25, -0.2) is 0 Å². The van der Waals surface area contributed by atoms with Crippen LogP contribution in [0.5, 0.6) is 0 Å². The third kappa shape index (κ3) is 3.96. The minimum absolute atomic E-state index is 0.444. The lowest BCUT2D eigenvalue weighted by atomic mass is 9.99. The molecule has 0 N–H and O–H groups in total. The van der Waals surface area contributed by atoms with E-state index in [1.165, 1.54) is 41.6 Å². The quantitative estimate of drug-likeness (QED) is 0.404. The van der Waals surface area contributed by atoms with Gasteiger partial charge >= 0.3 is 0 Å². The highest BCUT2D eigenvalue weighted by molar-refractivity contribution is 5.66. The third-order valence-electron chi connectivity index (χ3n) is 3.82. The van der Waals surface area contributed by atoms with E-state index in [0.717, 1.165) is 0 Å². The van der Waals surface area contributed by atoms with Gasteiger partial charge in [0.1, 0.15) is 0 Å². The molecular weight excluding hydrogens is 240 g/mol. The van der Waals surface area contributed by atoms with E-state index in [9.17, 15) is 0 Å². The van der Waals surface area contributed by atoms with Gasteiger partial charge < -0.3 is 0 Å². The van der Waals surface area contributed by atoms with E-state index in [1.54, 1.807) is 0 Å². The van der Waals surface area contributed by atoms with Crippen LogP contribution in [0.1, 0.15) is 47.0 Å². The second-order valence-corrected chi connectivity index (χ2v) is 5.24. The lowest BCUT2D eigenvalue weighted by Gasteiger charge is -2.05. The standard InChI is InChI=1S/C20H28/c1-6-9-11-13-15-20-17(5)16(4)19(18(20)8-3)14-12-10-7-2/h6,8-9,11,13-16H,5,7,10,12H2,1-4H3. The normalized spacial score (nSPS) is 26.1. The highest BCUT2D eigenvalue weighted by Crippen LogP contribution is 2.43. The lowest BCUT2D eigenvalue weighted by Crippen LogP contribution is -1.92. The summed E-state index contributed by atoms with van der Waals surface area (Å²) in [5.74, 6) is 0.444. The average Bonchev–Trinajstić information content (AvgIpc) is 2.68. The Bertz CT molecular complexity index is 478. The fraction of sp³-hybridized carbons (Fsp3) is 0.400. The molecule has 1 atom stereocenters. The zero-order valence-corrected chi connectivity index (χ0v) is 13.4. The van der Waals surface area contributed by atoms with Crippen LogP contribution in [0.25, 0.3) is 0 Å². The van der Waals surface area contributed by atoms with Gasteiger partial charge in [0.05, 0.1) is 0 Å². The molecule has 0 aromatic rings. The maximum absolute atomic E-state index is 4.29. The predicted octanol–water partition coefficient (Wildman–Crippen LogP) is 6.31. The summed E-state index contributed by atoms with van der Waals surface area (Å²) >= 11 is 0. The Morgan fingerprint density at radius 2 is 1.85 bits per heavy atom. The van der Waals surface area contributed by atoms with Gasteiger partial charge in [0.25, 0.3) is 0 Å². The Labute approximate surface area is 125 Å². The molecule has 0 spiro atoms. The molecule has 1 rings (SSSR count). The summed E-state index contributed by atoms with van der Waals surface area (Å²) in [5, 5.41) is 0. The van der Waals surface area contributed by atoms with Gasteiger partial charge in [0.2, 0.25) is 0 Å². The summed E-state index contributed by atoms with van der Waals surface area (Å²) in [6.07, 6.45) is 18.8. The predicted molar refractivity (Wildman–Crippen MR) is 91.7 cm³/mol. The number of rotatable bonds is 5. The Hall–Kier alpha value is -1.56. The van der Waals surface area contributed by atoms with E-state index in [-0.39, 0.29) is 0 Å². The van der Waals surface area contributed by atoms with E-state index in [2.05, 4.69) is 57.7 Å². The Morgan fingerprint density at radius 3 is 2.45 bits per heavy atom. The van der Waals surface area contributed by atoms with Crippen molar-refractivity contribution in [2.75, 3.05) is 0 Å². The van der Waals surface area contributed by atoms with Crippen molar-refractivity contribution in [2.45, 2.75) is 47.0 Å². The van der Waals surface area contributed by atoms with Crippen molar-refractivity contribution in [3.63, 3.8) is 0 Å². The van der Waals surface area contributed by atoms with E-state index in [1.807, 2.05) is 19.1 Å². The average molecular weight is 268 g/mol. The van der Waals surface area contributed by atoms with Gasteiger partial charge in [0, 0.05) is 5.92 Å². The van der Waals surface area contributed by atoms with Crippen LogP contribution < -0.4 is 0 Å². The minimum Gasteiger partial charge on any atom is -0.0946 e. The summed E-state index contributed by atoms with van der Waals surface area (Å²) in [4.78, 5) is 0. The molecule has 0 heterocycles. The minimum atomic E-state index is 0.444. The van der Waals surface area contributed by atoms with Crippen molar-refractivity contribution in [1.82, 2.24) is 0 Å². The highest BCUT2D eigenvalue weighted by atomic mass is 14.3. The molecule has 108 valence electrons. The van der Waals surface area contributed by atoms with Crippen molar-refractivity contribution in [3.8, 4) is 0 Å². The molecule has 0 radical (unpaired) electrons. The lowest BCUT2D eigenvalue weighted by molar-refractivity contribution is 0.796. The summed E-state index contributed by atoms with van der Waals surface area (Å²) in [7, 11) is 0. The SMILES string of the molecule is C=C1C(=CC=CC=CC)C(=CC)C(=CCCCC)C1C.